The fraction of sp³-hybridized carbons (Fsp3) is 0.929. The molecule has 0 bridgehead atoms. The molecule has 1 amide bonds. The van der Waals surface area contributed by atoms with Crippen LogP contribution in [0.15, 0.2) is 0 Å². The number of hydrogen-bond acceptors (Lipinski definition) is 3. The van der Waals surface area contributed by atoms with Crippen LogP contribution in [-0.4, -0.2) is 35.5 Å². The van der Waals surface area contributed by atoms with Gasteiger partial charge in [-0.15, -0.1) is 0 Å². The highest BCUT2D eigenvalue weighted by atomic mass is 16.6. The van der Waals surface area contributed by atoms with Crippen molar-refractivity contribution >= 4 is 6.09 Å². The van der Waals surface area contributed by atoms with Crippen molar-refractivity contribution in [3.63, 3.8) is 0 Å². The van der Waals surface area contributed by atoms with Gasteiger partial charge in [-0.3, -0.25) is 4.90 Å². The van der Waals surface area contributed by atoms with Gasteiger partial charge in [0.1, 0.15) is 11.8 Å². The van der Waals surface area contributed by atoms with Gasteiger partial charge in [-0.1, -0.05) is 0 Å². The number of piperidine rings is 1. The maximum absolute atomic E-state index is 12.1. The smallest absolute Gasteiger partial charge is 0.412 e. The van der Waals surface area contributed by atoms with Gasteiger partial charge in [-0.2, -0.15) is 0 Å². The number of carbonyl (C=O) groups is 1. The average Bonchev–Trinajstić information content (AvgIpc) is 2.21. The van der Waals surface area contributed by atoms with Gasteiger partial charge >= 0.3 is 6.09 Å². The van der Waals surface area contributed by atoms with Crippen LogP contribution in [0, 0.1) is 0 Å². The van der Waals surface area contributed by atoms with E-state index in [1.165, 1.54) is 6.42 Å². The topological polar surface area (TPSA) is 38.8 Å². The third-order valence-corrected chi connectivity index (χ3v) is 3.48. The second-order valence-electron chi connectivity index (χ2n) is 6.31. The van der Waals surface area contributed by atoms with E-state index in [4.69, 9.17) is 9.47 Å². The van der Waals surface area contributed by atoms with Crippen LogP contribution in [0.5, 0.6) is 0 Å². The molecule has 0 N–H and O–H groups in total. The molecule has 2 fully saturated rings. The molecule has 0 aromatic carbocycles. The predicted molar refractivity (Wildman–Crippen MR) is 69.3 cm³/mol. The first-order valence-corrected chi connectivity index (χ1v) is 7.11. The molecular formula is C14H25NO3. The summed E-state index contributed by atoms with van der Waals surface area (Å²) in [5, 5.41) is 0. The molecule has 2 rings (SSSR count). The molecule has 0 aromatic heterocycles. The average molecular weight is 255 g/mol. The van der Waals surface area contributed by atoms with Crippen LogP contribution in [0.25, 0.3) is 0 Å². The van der Waals surface area contributed by atoms with Gasteiger partial charge in [0.15, 0.2) is 0 Å². The number of carbonyl (C=O) groups excluding carboxylic acids is 1. The second-order valence-corrected chi connectivity index (χ2v) is 6.31. The first-order chi connectivity index (χ1) is 8.46. The normalized spacial score (nSPS) is 25.7. The van der Waals surface area contributed by atoms with Gasteiger partial charge in [0, 0.05) is 6.54 Å². The summed E-state index contributed by atoms with van der Waals surface area (Å²) in [6.45, 7) is 6.45. The zero-order valence-electron chi connectivity index (χ0n) is 11.8. The monoisotopic (exact) mass is 255 g/mol. The minimum absolute atomic E-state index is 0.0705. The van der Waals surface area contributed by atoms with E-state index in [2.05, 4.69) is 0 Å². The van der Waals surface area contributed by atoms with Crippen molar-refractivity contribution in [2.24, 2.45) is 0 Å². The maximum atomic E-state index is 12.1. The Bertz CT molecular complexity index is 294. The van der Waals surface area contributed by atoms with Crippen molar-refractivity contribution in [3.8, 4) is 0 Å². The van der Waals surface area contributed by atoms with Crippen LogP contribution in [0.4, 0.5) is 4.79 Å². The lowest BCUT2D eigenvalue weighted by Crippen LogP contribution is -2.49. The summed E-state index contributed by atoms with van der Waals surface area (Å²) in [5.74, 6) is 0. The highest BCUT2D eigenvalue weighted by Crippen LogP contribution is 2.28. The third-order valence-electron chi connectivity index (χ3n) is 3.48. The Morgan fingerprint density at radius 1 is 1.11 bits per heavy atom. The SMILES string of the molecule is CC(C)(C)OC(=O)N1CCCCC1OC1CCC1. The molecule has 2 aliphatic rings. The largest absolute Gasteiger partial charge is 0.444 e. The number of rotatable bonds is 2. The molecule has 1 aliphatic heterocycles. The van der Waals surface area contributed by atoms with Crippen LogP contribution in [0.3, 0.4) is 0 Å². The van der Waals surface area contributed by atoms with Gasteiger partial charge < -0.3 is 9.47 Å². The van der Waals surface area contributed by atoms with E-state index in [9.17, 15) is 4.79 Å². The van der Waals surface area contributed by atoms with E-state index in [0.29, 0.717) is 6.10 Å². The molecule has 1 saturated heterocycles. The summed E-state index contributed by atoms with van der Waals surface area (Å²) < 4.78 is 11.4. The summed E-state index contributed by atoms with van der Waals surface area (Å²) in [6.07, 6.45) is 6.71. The van der Waals surface area contributed by atoms with Crippen molar-refractivity contribution in [3.05, 3.63) is 0 Å². The summed E-state index contributed by atoms with van der Waals surface area (Å²) in [7, 11) is 0. The lowest BCUT2D eigenvalue weighted by Gasteiger charge is -2.40. The van der Waals surface area contributed by atoms with Crippen LogP contribution >= 0.6 is 0 Å². The Kier molecular flexibility index (Phi) is 4.15. The molecule has 0 spiro atoms. The summed E-state index contributed by atoms with van der Waals surface area (Å²) in [5.41, 5.74) is -0.435. The van der Waals surface area contributed by atoms with Gasteiger partial charge in [0.25, 0.3) is 0 Å². The summed E-state index contributed by atoms with van der Waals surface area (Å²) >= 11 is 0. The molecule has 0 radical (unpaired) electrons. The van der Waals surface area contributed by atoms with Crippen molar-refractivity contribution in [1.82, 2.24) is 4.90 Å². The second kappa shape index (κ2) is 5.47. The molecule has 104 valence electrons. The molecule has 1 aliphatic carbocycles. The Hall–Kier alpha value is -0.770. The highest BCUT2D eigenvalue weighted by molar-refractivity contribution is 5.68. The van der Waals surface area contributed by atoms with Crippen molar-refractivity contribution < 1.29 is 14.3 Å². The number of ether oxygens (including phenoxy) is 2. The van der Waals surface area contributed by atoms with E-state index < -0.39 is 5.60 Å². The Labute approximate surface area is 110 Å². The van der Waals surface area contributed by atoms with Crippen LogP contribution < -0.4 is 0 Å². The van der Waals surface area contributed by atoms with E-state index in [-0.39, 0.29) is 12.3 Å². The molecule has 1 saturated carbocycles. The fourth-order valence-electron chi connectivity index (χ4n) is 2.30. The highest BCUT2D eigenvalue weighted by Gasteiger charge is 2.33. The number of nitrogens with zero attached hydrogens (tertiary/aromatic N) is 1. The summed E-state index contributed by atoms with van der Waals surface area (Å²) in [4.78, 5) is 13.9. The molecule has 1 heterocycles. The first kappa shape index (κ1) is 13.7. The van der Waals surface area contributed by atoms with E-state index in [1.54, 1.807) is 4.90 Å². The molecule has 18 heavy (non-hydrogen) atoms. The quantitative estimate of drug-likeness (QED) is 0.760. The zero-order chi connectivity index (χ0) is 13.2. The van der Waals surface area contributed by atoms with Crippen molar-refractivity contribution in [2.75, 3.05) is 6.54 Å². The number of hydrogen-bond donors (Lipinski definition) is 0. The minimum atomic E-state index is -0.435. The zero-order valence-corrected chi connectivity index (χ0v) is 11.8. The Morgan fingerprint density at radius 3 is 2.39 bits per heavy atom. The summed E-state index contributed by atoms with van der Waals surface area (Å²) in [6, 6.07) is 0. The predicted octanol–water partition coefficient (Wildman–Crippen LogP) is 3.30. The fourth-order valence-corrected chi connectivity index (χ4v) is 2.30. The molecule has 4 nitrogen and oxygen atoms in total. The van der Waals surface area contributed by atoms with Gasteiger partial charge in [0.2, 0.25) is 0 Å². The van der Waals surface area contributed by atoms with Gasteiger partial charge in [-0.25, -0.2) is 4.79 Å². The van der Waals surface area contributed by atoms with Crippen LogP contribution in [0.1, 0.15) is 59.3 Å². The van der Waals surface area contributed by atoms with Crippen LogP contribution in [-0.2, 0) is 9.47 Å². The van der Waals surface area contributed by atoms with E-state index in [1.807, 2.05) is 20.8 Å². The Morgan fingerprint density at radius 2 is 1.83 bits per heavy atom. The van der Waals surface area contributed by atoms with Crippen molar-refractivity contribution in [1.29, 1.82) is 0 Å². The van der Waals surface area contributed by atoms with Crippen LogP contribution in [0.2, 0.25) is 0 Å². The lowest BCUT2D eigenvalue weighted by atomic mass is 9.96. The molecule has 1 atom stereocenters. The van der Waals surface area contributed by atoms with Gasteiger partial charge in [0.05, 0.1) is 6.10 Å². The van der Waals surface area contributed by atoms with E-state index >= 15 is 0 Å². The molecule has 1 unspecified atom stereocenters. The maximum Gasteiger partial charge on any atom is 0.412 e. The Balaban J connectivity index is 1.91. The lowest BCUT2D eigenvalue weighted by molar-refractivity contribution is -0.133. The molecule has 0 aromatic rings. The number of amides is 1. The molecular weight excluding hydrogens is 230 g/mol. The standard InChI is InChI=1S/C14H25NO3/c1-14(2,3)18-13(16)15-10-5-4-9-12(15)17-11-7-6-8-11/h11-12H,4-10H2,1-3H3. The molecule has 4 heteroatoms. The third kappa shape index (κ3) is 3.61. The minimum Gasteiger partial charge on any atom is -0.444 e. The van der Waals surface area contributed by atoms with Crippen molar-refractivity contribution in [2.45, 2.75) is 77.2 Å². The van der Waals surface area contributed by atoms with Gasteiger partial charge in [-0.05, 0) is 59.3 Å². The number of likely N-dealkylation sites (tertiary alicyclic amines) is 1. The first-order valence-electron chi connectivity index (χ1n) is 7.11. The van der Waals surface area contributed by atoms with E-state index in [0.717, 1.165) is 38.6 Å².